The highest BCUT2D eigenvalue weighted by Gasteiger charge is 2.19. The molecule has 5 nitrogen and oxygen atoms in total. The molecule has 0 unspecified atom stereocenters. The van der Waals surface area contributed by atoms with Gasteiger partial charge in [-0.25, -0.2) is 0 Å². The van der Waals surface area contributed by atoms with Crippen molar-refractivity contribution in [3.8, 4) is 29.4 Å². The normalized spacial score (nSPS) is 16.7. The van der Waals surface area contributed by atoms with Crippen molar-refractivity contribution in [2.75, 3.05) is 18.5 Å². The van der Waals surface area contributed by atoms with Crippen LogP contribution in [0.25, 0.3) is 22.0 Å². The molecule has 1 fully saturated rings. The van der Waals surface area contributed by atoms with Gasteiger partial charge in [-0.2, -0.15) is 0 Å². The molecule has 2 aromatic carbocycles. The van der Waals surface area contributed by atoms with E-state index in [9.17, 15) is 5.11 Å². The minimum atomic E-state index is 0.0970. The highest BCUT2D eigenvalue weighted by atomic mass is 16.5. The van der Waals surface area contributed by atoms with Gasteiger partial charge in [0.1, 0.15) is 11.4 Å². The fraction of sp³-hybridized carbons (Fsp3) is 0.200. The zero-order valence-corrected chi connectivity index (χ0v) is 13.6. The zero-order valence-electron chi connectivity index (χ0n) is 13.6. The number of phenolic OH excluding ortho intramolecular Hbond substituents is 1. The van der Waals surface area contributed by atoms with Crippen LogP contribution in [0, 0.1) is 12.3 Å². The maximum absolute atomic E-state index is 10.3. The molecule has 1 atom stereocenters. The van der Waals surface area contributed by atoms with Crippen LogP contribution in [-0.4, -0.2) is 34.6 Å². The minimum Gasteiger partial charge on any atom is -0.507 e. The Morgan fingerprint density at radius 1 is 1.16 bits per heavy atom. The van der Waals surface area contributed by atoms with Crippen molar-refractivity contribution < 1.29 is 9.84 Å². The third kappa shape index (κ3) is 2.88. The van der Waals surface area contributed by atoms with Crippen molar-refractivity contribution in [3.63, 3.8) is 0 Å². The summed E-state index contributed by atoms with van der Waals surface area (Å²) >= 11 is 0. The number of fused-ring (bicyclic) bond motifs is 1. The van der Waals surface area contributed by atoms with Gasteiger partial charge in [-0.15, -0.1) is 16.6 Å². The molecular formula is C20H17N3O2. The van der Waals surface area contributed by atoms with Crippen LogP contribution >= 0.6 is 0 Å². The van der Waals surface area contributed by atoms with Crippen LogP contribution in [0.1, 0.15) is 12.0 Å². The molecule has 2 heterocycles. The molecule has 1 saturated heterocycles. The largest absolute Gasteiger partial charge is 0.507 e. The van der Waals surface area contributed by atoms with Crippen LogP contribution in [0.5, 0.6) is 5.75 Å². The van der Waals surface area contributed by atoms with E-state index in [4.69, 9.17) is 11.2 Å². The van der Waals surface area contributed by atoms with E-state index in [1.54, 1.807) is 18.2 Å². The predicted octanol–water partition coefficient (Wildman–Crippen LogP) is 3.18. The van der Waals surface area contributed by atoms with Crippen molar-refractivity contribution in [2.45, 2.75) is 12.5 Å². The van der Waals surface area contributed by atoms with Gasteiger partial charge in [0.25, 0.3) is 0 Å². The summed E-state index contributed by atoms with van der Waals surface area (Å²) in [5.41, 5.74) is 1.86. The van der Waals surface area contributed by atoms with Gasteiger partial charge in [0.05, 0.1) is 12.6 Å². The number of rotatable bonds is 3. The van der Waals surface area contributed by atoms with Crippen LogP contribution in [-0.2, 0) is 4.74 Å². The minimum absolute atomic E-state index is 0.0970. The number of terminal acetylenes is 1. The summed E-state index contributed by atoms with van der Waals surface area (Å²) in [5, 5.41) is 24.4. The summed E-state index contributed by atoms with van der Waals surface area (Å²) < 4.78 is 5.41. The average Bonchev–Trinajstić information content (AvgIpc) is 3.15. The Morgan fingerprint density at radius 3 is 2.72 bits per heavy atom. The first-order valence-electron chi connectivity index (χ1n) is 8.16. The lowest BCUT2D eigenvalue weighted by Gasteiger charge is -2.15. The van der Waals surface area contributed by atoms with E-state index < -0.39 is 0 Å². The molecule has 2 N–H and O–H groups in total. The van der Waals surface area contributed by atoms with E-state index >= 15 is 0 Å². The standard InChI is InChI=1S/C20H17N3O2/c1-2-13-7-8-17(18(24)11-13)19-15-5-3-4-6-16(15)20(23-22-19)21-14-9-10-25-12-14/h1,3-8,11,14,24H,9-10,12H2,(H,21,23)/t14-/m1/s1. The maximum Gasteiger partial charge on any atom is 0.156 e. The van der Waals surface area contributed by atoms with Crippen LogP contribution in [0.2, 0.25) is 0 Å². The first kappa shape index (κ1) is 15.4. The van der Waals surface area contributed by atoms with Crippen LogP contribution in [0.4, 0.5) is 5.82 Å². The average molecular weight is 331 g/mol. The lowest BCUT2D eigenvalue weighted by atomic mass is 10.0. The zero-order chi connectivity index (χ0) is 17.2. The van der Waals surface area contributed by atoms with Gasteiger partial charge in [-0.1, -0.05) is 30.2 Å². The molecule has 25 heavy (non-hydrogen) atoms. The molecule has 0 aliphatic carbocycles. The number of hydrogen-bond donors (Lipinski definition) is 2. The van der Waals surface area contributed by atoms with Crippen LogP contribution < -0.4 is 5.32 Å². The van der Waals surface area contributed by atoms with E-state index in [2.05, 4.69) is 21.4 Å². The summed E-state index contributed by atoms with van der Waals surface area (Å²) in [5.74, 6) is 3.34. The second kappa shape index (κ2) is 6.42. The molecule has 1 aliphatic rings. The molecule has 1 aromatic heterocycles. The molecule has 0 spiro atoms. The molecule has 0 radical (unpaired) electrons. The second-order valence-corrected chi connectivity index (χ2v) is 6.02. The van der Waals surface area contributed by atoms with Gasteiger partial charge >= 0.3 is 0 Å². The van der Waals surface area contributed by atoms with E-state index in [0.29, 0.717) is 23.4 Å². The quantitative estimate of drug-likeness (QED) is 0.722. The van der Waals surface area contributed by atoms with Gasteiger partial charge in [0.2, 0.25) is 0 Å². The van der Waals surface area contributed by atoms with E-state index in [1.807, 2.05) is 24.3 Å². The fourth-order valence-electron chi connectivity index (χ4n) is 3.07. The lowest BCUT2D eigenvalue weighted by Crippen LogP contribution is -2.20. The van der Waals surface area contributed by atoms with Crippen molar-refractivity contribution >= 4 is 16.6 Å². The molecule has 0 bridgehead atoms. The number of hydrogen-bond acceptors (Lipinski definition) is 5. The molecule has 5 heteroatoms. The molecular weight excluding hydrogens is 314 g/mol. The third-order valence-electron chi connectivity index (χ3n) is 4.38. The number of nitrogens with one attached hydrogen (secondary N) is 1. The monoisotopic (exact) mass is 331 g/mol. The highest BCUT2D eigenvalue weighted by molar-refractivity contribution is 6.00. The Balaban J connectivity index is 1.82. The first-order chi connectivity index (χ1) is 12.3. The van der Waals surface area contributed by atoms with Crippen LogP contribution in [0.15, 0.2) is 42.5 Å². The Labute approximate surface area is 145 Å². The van der Waals surface area contributed by atoms with E-state index in [0.717, 1.165) is 29.6 Å². The molecule has 4 rings (SSSR count). The number of aromatic nitrogens is 2. The molecule has 124 valence electrons. The number of aromatic hydroxyl groups is 1. The smallest absolute Gasteiger partial charge is 0.156 e. The molecule has 0 saturated carbocycles. The summed E-state index contributed by atoms with van der Waals surface area (Å²) in [7, 11) is 0. The highest BCUT2D eigenvalue weighted by Crippen LogP contribution is 2.35. The van der Waals surface area contributed by atoms with E-state index in [1.165, 1.54) is 0 Å². The van der Waals surface area contributed by atoms with Crippen molar-refractivity contribution in [1.29, 1.82) is 0 Å². The van der Waals surface area contributed by atoms with Gasteiger partial charge < -0.3 is 15.2 Å². The molecule has 3 aromatic rings. The van der Waals surface area contributed by atoms with Crippen molar-refractivity contribution in [3.05, 3.63) is 48.0 Å². The Kier molecular flexibility index (Phi) is 3.96. The summed E-state index contributed by atoms with van der Waals surface area (Å²) in [4.78, 5) is 0. The van der Waals surface area contributed by atoms with Crippen molar-refractivity contribution in [2.24, 2.45) is 0 Å². The Bertz CT molecular complexity index is 972. The third-order valence-corrected chi connectivity index (χ3v) is 4.38. The topological polar surface area (TPSA) is 67.3 Å². The molecule has 0 amide bonds. The number of benzene rings is 2. The SMILES string of the molecule is C#Cc1ccc(-c2nnc(N[C@@H]3CCOC3)c3ccccc23)c(O)c1. The number of nitrogens with zero attached hydrogens (tertiary/aromatic N) is 2. The van der Waals surface area contributed by atoms with Gasteiger partial charge in [0.15, 0.2) is 5.82 Å². The van der Waals surface area contributed by atoms with Crippen LogP contribution in [0.3, 0.4) is 0 Å². The fourth-order valence-corrected chi connectivity index (χ4v) is 3.07. The second-order valence-electron chi connectivity index (χ2n) is 6.02. The van der Waals surface area contributed by atoms with E-state index in [-0.39, 0.29) is 11.8 Å². The van der Waals surface area contributed by atoms with Gasteiger partial charge in [-0.05, 0) is 24.6 Å². The number of ether oxygens (including phenoxy) is 1. The Morgan fingerprint density at radius 2 is 2.00 bits per heavy atom. The predicted molar refractivity (Wildman–Crippen MR) is 97.4 cm³/mol. The lowest BCUT2D eigenvalue weighted by molar-refractivity contribution is 0.195. The van der Waals surface area contributed by atoms with Gasteiger partial charge in [-0.3, -0.25) is 0 Å². The number of phenols is 1. The first-order valence-corrected chi connectivity index (χ1v) is 8.16. The summed E-state index contributed by atoms with van der Waals surface area (Å²) in [6, 6.07) is 13.3. The Hall–Kier alpha value is -3.10. The summed E-state index contributed by atoms with van der Waals surface area (Å²) in [6.45, 7) is 1.43. The summed E-state index contributed by atoms with van der Waals surface area (Å²) in [6.07, 6.45) is 6.34. The van der Waals surface area contributed by atoms with Gasteiger partial charge in [0, 0.05) is 28.5 Å². The molecule has 1 aliphatic heterocycles. The maximum atomic E-state index is 10.3. The number of anilines is 1. The van der Waals surface area contributed by atoms with Crippen molar-refractivity contribution in [1.82, 2.24) is 10.2 Å².